The molecule has 0 aromatic heterocycles. The Labute approximate surface area is 120 Å². The number of amides is 1. The van der Waals surface area contributed by atoms with E-state index in [0.29, 0.717) is 6.54 Å². The maximum absolute atomic E-state index is 12.3. The zero-order chi connectivity index (χ0) is 14.6. The number of hydrogen-bond donors (Lipinski definition) is 2. The summed E-state index contributed by atoms with van der Waals surface area (Å²) in [5.74, 6) is 0.894. The van der Waals surface area contributed by atoms with Crippen LogP contribution in [0.1, 0.15) is 32.3 Å². The van der Waals surface area contributed by atoms with E-state index in [-0.39, 0.29) is 17.4 Å². The molecule has 0 spiro atoms. The van der Waals surface area contributed by atoms with Crippen LogP contribution in [-0.4, -0.2) is 25.6 Å². The molecule has 1 unspecified atom stereocenters. The van der Waals surface area contributed by atoms with Gasteiger partial charge in [0.2, 0.25) is 5.91 Å². The molecule has 2 rings (SSSR count). The zero-order valence-electron chi connectivity index (χ0n) is 12.5. The number of benzene rings is 1. The van der Waals surface area contributed by atoms with Crippen molar-refractivity contribution < 1.29 is 9.53 Å². The third-order valence-electron chi connectivity index (χ3n) is 3.99. The fraction of sp³-hybridized carbons (Fsp3) is 0.562. The van der Waals surface area contributed by atoms with Gasteiger partial charge in [-0.1, -0.05) is 26.0 Å². The molecule has 0 saturated carbocycles. The average Bonchev–Trinajstić information content (AvgIpc) is 2.44. The van der Waals surface area contributed by atoms with Gasteiger partial charge in [0.05, 0.1) is 13.2 Å². The van der Waals surface area contributed by atoms with Gasteiger partial charge in [0.1, 0.15) is 5.75 Å². The number of hydrogen-bond acceptors (Lipinski definition) is 3. The summed E-state index contributed by atoms with van der Waals surface area (Å²) in [6.07, 6.45) is 2.21. The smallest absolute Gasteiger partial charge is 0.237 e. The third-order valence-corrected chi connectivity index (χ3v) is 3.99. The minimum Gasteiger partial charge on any atom is -0.497 e. The molecule has 1 atom stereocenters. The van der Waals surface area contributed by atoms with Crippen molar-refractivity contribution in [2.45, 2.75) is 39.3 Å². The van der Waals surface area contributed by atoms with E-state index >= 15 is 0 Å². The Bertz CT molecular complexity index is 471. The van der Waals surface area contributed by atoms with Crippen molar-refractivity contribution in [3.8, 4) is 5.75 Å². The highest BCUT2D eigenvalue weighted by Crippen LogP contribution is 2.30. The Kier molecular flexibility index (Phi) is 4.65. The Morgan fingerprint density at radius 1 is 1.50 bits per heavy atom. The van der Waals surface area contributed by atoms with Gasteiger partial charge in [-0.3, -0.25) is 4.79 Å². The monoisotopic (exact) mass is 276 g/mol. The lowest BCUT2D eigenvalue weighted by atomic mass is 9.77. The van der Waals surface area contributed by atoms with E-state index < -0.39 is 0 Å². The fourth-order valence-corrected chi connectivity index (χ4v) is 2.73. The van der Waals surface area contributed by atoms with E-state index in [0.717, 1.165) is 30.7 Å². The minimum absolute atomic E-state index is 0.0106. The van der Waals surface area contributed by atoms with Gasteiger partial charge in [-0.2, -0.15) is 0 Å². The van der Waals surface area contributed by atoms with Crippen LogP contribution in [0.15, 0.2) is 24.3 Å². The summed E-state index contributed by atoms with van der Waals surface area (Å²) in [5.41, 5.74) is 1.06. The van der Waals surface area contributed by atoms with Gasteiger partial charge in [-0.25, -0.2) is 0 Å². The van der Waals surface area contributed by atoms with Gasteiger partial charge in [0.15, 0.2) is 0 Å². The number of ether oxygens (including phenoxy) is 1. The van der Waals surface area contributed by atoms with Crippen LogP contribution in [0.3, 0.4) is 0 Å². The van der Waals surface area contributed by atoms with Gasteiger partial charge in [-0.15, -0.1) is 0 Å². The van der Waals surface area contributed by atoms with Crippen LogP contribution < -0.4 is 15.4 Å². The van der Waals surface area contributed by atoms with E-state index in [1.54, 1.807) is 7.11 Å². The van der Waals surface area contributed by atoms with E-state index in [9.17, 15) is 4.79 Å². The Hall–Kier alpha value is -1.55. The van der Waals surface area contributed by atoms with Crippen molar-refractivity contribution in [3.05, 3.63) is 29.8 Å². The molecular weight excluding hydrogens is 252 g/mol. The molecule has 1 aromatic carbocycles. The molecule has 1 heterocycles. The molecule has 4 heteroatoms. The molecule has 4 nitrogen and oxygen atoms in total. The van der Waals surface area contributed by atoms with Crippen molar-refractivity contribution in [1.82, 2.24) is 10.6 Å². The summed E-state index contributed by atoms with van der Waals surface area (Å²) in [6.45, 7) is 5.74. The third kappa shape index (κ3) is 3.51. The summed E-state index contributed by atoms with van der Waals surface area (Å²) in [6, 6.07) is 7.66. The van der Waals surface area contributed by atoms with Crippen LogP contribution in [0, 0.1) is 5.41 Å². The molecule has 1 saturated heterocycles. The first kappa shape index (κ1) is 14.9. The molecule has 0 aliphatic carbocycles. The van der Waals surface area contributed by atoms with Crippen LogP contribution in [-0.2, 0) is 11.3 Å². The highest BCUT2D eigenvalue weighted by atomic mass is 16.5. The van der Waals surface area contributed by atoms with Crippen molar-refractivity contribution in [3.63, 3.8) is 0 Å². The van der Waals surface area contributed by atoms with E-state index in [1.165, 1.54) is 0 Å². The highest BCUT2D eigenvalue weighted by molar-refractivity contribution is 5.82. The highest BCUT2D eigenvalue weighted by Gasteiger charge is 2.36. The van der Waals surface area contributed by atoms with Crippen molar-refractivity contribution in [1.29, 1.82) is 0 Å². The summed E-state index contributed by atoms with van der Waals surface area (Å²) in [4.78, 5) is 12.3. The maximum Gasteiger partial charge on any atom is 0.237 e. The van der Waals surface area contributed by atoms with Gasteiger partial charge < -0.3 is 15.4 Å². The SMILES string of the molecule is COc1cccc(CNC(=O)C2NCCCC2(C)C)c1. The largest absolute Gasteiger partial charge is 0.497 e. The van der Waals surface area contributed by atoms with Gasteiger partial charge in [-0.05, 0) is 42.5 Å². The first-order chi connectivity index (χ1) is 9.53. The molecule has 1 amide bonds. The summed E-state index contributed by atoms with van der Waals surface area (Å²) < 4.78 is 5.19. The van der Waals surface area contributed by atoms with Crippen LogP contribution in [0.5, 0.6) is 5.75 Å². The quantitative estimate of drug-likeness (QED) is 0.885. The Balaban J connectivity index is 1.94. The molecule has 2 N–H and O–H groups in total. The van der Waals surface area contributed by atoms with E-state index in [4.69, 9.17) is 4.74 Å². The van der Waals surface area contributed by atoms with E-state index in [2.05, 4.69) is 24.5 Å². The molecule has 1 fully saturated rings. The number of carbonyl (C=O) groups excluding carboxylic acids is 1. The number of methoxy groups -OCH3 is 1. The van der Waals surface area contributed by atoms with Crippen LogP contribution in [0.25, 0.3) is 0 Å². The summed E-state index contributed by atoms with van der Waals surface area (Å²) in [5, 5.41) is 6.35. The zero-order valence-corrected chi connectivity index (χ0v) is 12.5. The van der Waals surface area contributed by atoms with Gasteiger partial charge in [0, 0.05) is 6.54 Å². The van der Waals surface area contributed by atoms with Gasteiger partial charge >= 0.3 is 0 Å². The van der Waals surface area contributed by atoms with Crippen molar-refractivity contribution in [2.75, 3.05) is 13.7 Å². The van der Waals surface area contributed by atoms with Crippen LogP contribution in [0.4, 0.5) is 0 Å². The summed E-state index contributed by atoms with van der Waals surface area (Å²) in [7, 11) is 1.65. The lowest BCUT2D eigenvalue weighted by Gasteiger charge is -2.38. The predicted octanol–water partition coefficient (Wildman–Crippen LogP) is 2.09. The second kappa shape index (κ2) is 6.27. The van der Waals surface area contributed by atoms with Crippen molar-refractivity contribution >= 4 is 5.91 Å². The lowest BCUT2D eigenvalue weighted by molar-refractivity contribution is -0.126. The average molecular weight is 276 g/mol. The van der Waals surface area contributed by atoms with Crippen LogP contribution >= 0.6 is 0 Å². The Morgan fingerprint density at radius 3 is 3.00 bits per heavy atom. The number of piperidine rings is 1. The van der Waals surface area contributed by atoms with E-state index in [1.807, 2.05) is 24.3 Å². The molecule has 1 aliphatic heterocycles. The lowest BCUT2D eigenvalue weighted by Crippen LogP contribution is -2.55. The normalized spacial score (nSPS) is 21.2. The molecule has 1 aromatic rings. The Morgan fingerprint density at radius 2 is 2.30 bits per heavy atom. The number of nitrogens with one attached hydrogen (secondary N) is 2. The van der Waals surface area contributed by atoms with Crippen molar-refractivity contribution in [2.24, 2.45) is 5.41 Å². The second-order valence-corrected chi connectivity index (χ2v) is 6.05. The standard InChI is InChI=1S/C16H24N2O2/c1-16(2)8-5-9-17-14(16)15(19)18-11-12-6-4-7-13(10-12)20-3/h4,6-7,10,14,17H,5,8-9,11H2,1-3H3,(H,18,19). The maximum atomic E-state index is 12.3. The summed E-state index contributed by atoms with van der Waals surface area (Å²) >= 11 is 0. The molecule has 20 heavy (non-hydrogen) atoms. The molecular formula is C16H24N2O2. The second-order valence-electron chi connectivity index (χ2n) is 6.05. The first-order valence-corrected chi connectivity index (χ1v) is 7.17. The topological polar surface area (TPSA) is 50.4 Å². The predicted molar refractivity (Wildman–Crippen MR) is 79.6 cm³/mol. The van der Waals surface area contributed by atoms with Crippen LogP contribution in [0.2, 0.25) is 0 Å². The van der Waals surface area contributed by atoms with Gasteiger partial charge in [0.25, 0.3) is 0 Å². The molecule has 110 valence electrons. The fourth-order valence-electron chi connectivity index (χ4n) is 2.73. The minimum atomic E-state index is -0.109. The number of rotatable bonds is 4. The molecule has 0 radical (unpaired) electrons. The number of carbonyl (C=O) groups is 1. The molecule has 0 bridgehead atoms. The molecule has 1 aliphatic rings. The first-order valence-electron chi connectivity index (χ1n) is 7.17.